The third-order valence-corrected chi connectivity index (χ3v) is 7.13. The molecule has 0 N–H and O–H groups in total. The minimum atomic E-state index is -3.39. The van der Waals surface area contributed by atoms with Crippen LogP contribution in [0.3, 0.4) is 0 Å². The lowest BCUT2D eigenvalue weighted by Crippen LogP contribution is -2.49. The SMILES string of the molecule is COCC[C@@H]1CCOC12CCN(S(=O)(=O)c1ccccc1)CC2. The Balaban J connectivity index is 1.68. The van der Waals surface area contributed by atoms with Gasteiger partial charge in [0.15, 0.2) is 0 Å². The molecular weight excluding hydrogens is 314 g/mol. The van der Waals surface area contributed by atoms with Crippen LogP contribution in [-0.2, 0) is 19.5 Å². The van der Waals surface area contributed by atoms with Crippen LogP contribution < -0.4 is 0 Å². The molecule has 0 saturated carbocycles. The van der Waals surface area contributed by atoms with Crippen LogP contribution in [0.2, 0.25) is 0 Å². The summed E-state index contributed by atoms with van der Waals surface area (Å²) in [7, 11) is -1.67. The van der Waals surface area contributed by atoms with E-state index in [2.05, 4.69) is 0 Å². The predicted molar refractivity (Wildman–Crippen MR) is 87.7 cm³/mol. The van der Waals surface area contributed by atoms with Gasteiger partial charge in [-0.15, -0.1) is 0 Å². The van der Waals surface area contributed by atoms with Gasteiger partial charge < -0.3 is 9.47 Å². The highest BCUT2D eigenvalue weighted by Gasteiger charge is 2.47. The molecule has 23 heavy (non-hydrogen) atoms. The van der Waals surface area contributed by atoms with E-state index >= 15 is 0 Å². The Hall–Kier alpha value is -0.950. The summed E-state index contributed by atoms with van der Waals surface area (Å²) in [5.41, 5.74) is -0.152. The van der Waals surface area contributed by atoms with Gasteiger partial charge in [-0.05, 0) is 43.7 Å². The summed E-state index contributed by atoms with van der Waals surface area (Å²) in [6.07, 6.45) is 3.58. The van der Waals surface area contributed by atoms with Crippen LogP contribution in [0.25, 0.3) is 0 Å². The van der Waals surface area contributed by atoms with Crippen molar-refractivity contribution in [2.45, 2.75) is 36.2 Å². The Morgan fingerprint density at radius 2 is 1.96 bits per heavy atom. The third-order valence-electron chi connectivity index (χ3n) is 5.22. The smallest absolute Gasteiger partial charge is 0.243 e. The van der Waals surface area contributed by atoms with Crippen molar-refractivity contribution in [3.8, 4) is 0 Å². The molecule has 5 nitrogen and oxygen atoms in total. The van der Waals surface area contributed by atoms with Gasteiger partial charge >= 0.3 is 0 Å². The van der Waals surface area contributed by atoms with Gasteiger partial charge in [-0.3, -0.25) is 0 Å². The van der Waals surface area contributed by atoms with E-state index in [9.17, 15) is 8.42 Å². The zero-order valence-corrected chi connectivity index (χ0v) is 14.4. The lowest BCUT2D eigenvalue weighted by Gasteiger charge is -2.41. The number of piperidine rings is 1. The first-order chi connectivity index (χ1) is 11.1. The highest BCUT2D eigenvalue weighted by Crippen LogP contribution is 2.43. The third kappa shape index (κ3) is 3.31. The van der Waals surface area contributed by atoms with Gasteiger partial charge in [0.1, 0.15) is 0 Å². The minimum absolute atomic E-state index is 0.152. The largest absolute Gasteiger partial charge is 0.385 e. The number of methoxy groups -OCH3 is 1. The predicted octanol–water partition coefficient (Wildman–Crippen LogP) is 2.28. The van der Waals surface area contributed by atoms with Crippen LogP contribution in [0.1, 0.15) is 25.7 Å². The summed E-state index contributed by atoms with van der Waals surface area (Å²) in [6.45, 7) is 2.57. The van der Waals surface area contributed by atoms with Crippen LogP contribution in [0.15, 0.2) is 35.2 Å². The van der Waals surface area contributed by atoms with Gasteiger partial charge in [-0.1, -0.05) is 18.2 Å². The average molecular weight is 339 g/mol. The molecule has 2 aliphatic heterocycles. The maximum absolute atomic E-state index is 12.7. The topological polar surface area (TPSA) is 55.8 Å². The van der Waals surface area contributed by atoms with E-state index in [1.807, 2.05) is 6.07 Å². The van der Waals surface area contributed by atoms with Crippen molar-refractivity contribution in [1.82, 2.24) is 4.31 Å². The van der Waals surface area contributed by atoms with Gasteiger partial charge in [0.2, 0.25) is 10.0 Å². The molecule has 1 atom stereocenters. The highest BCUT2D eigenvalue weighted by atomic mass is 32.2. The molecule has 2 heterocycles. The van der Waals surface area contributed by atoms with Gasteiger partial charge in [-0.2, -0.15) is 4.31 Å². The van der Waals surface area contributed by atoms with Gasteiger partial charge in [-0.25, -0.2) is 8.42 Å². The number of benzene rings is 1. The molecule has 6 heteroatoms. The van der Waals surface area contributed by atoms with Gasteiger partial charge in [0.25, 0.3) is 0 Å². The summed E-state index contributed by atoms with van der Waals surface area (Å²) < 4.78 is 38.3. The van der Waals surface area contributed by atoms with Crippen LogP contribution in [0.4, 0.5) is 0 Å². The van der Waals surface area contributed by atoms with E-state index in [-0.39, 0.29) is 5.60 Å². The van der Waals surface area contributed by atoms with Crippen molar-refractivity contribution in [3.05, 3.63) is 30.3 Å². The summed E-state index contributed by atoms with van der Waals surface area (Å²) in [4.78, 5) is 0.374. The van der Waals surface area contributed by atoms with Gasteiger partial charge in [0.05, 0.1) is 10.5 Å². The number of sulfonamides is 1. The monoisotopic (exact) mass is 339 g/mol. The van der Waals surface area contributed by atoms with Crippen molar-refractivity contribution in [3.63, 3.8) is 0 Å². The fourth-order valence-electron chi connectivity index (χ4n) is 3.85. The van der Waals surface area contributed by atoms with Crippen LogP contribution in [0, 0.1) is 5.92 Å². The second-order valence-corrected chi connectivity index (χ2v) is 8.34. The molecule has 0 aromatic heterocycles. The molecule has 2 aliphatic rings. The zero-order valence-electron chi connectivity index (χ0n) is 13.6. The molecule has 0 amide bonds. The lowest BCUT2D eigenvalue weighted by molar-refractivity contribution is -0.0603. The van der Waals surface area contributed by atoms with E-state index in [1.54, 1.807) is 35.7 Å². The zero-order chi connectivity index (χ0) is 16.3. The lowest BCUT2D eigenvalue weighted by atomic mass is 9.78. The Labute approximate surface area is 138 Å². The fraction of sp³-hybridized carbons (Fsp3) is 0.647. The molecule has 2 saturated heterocycles. The molecule has 3 rings (SSSR count). The number of hydrogen-bond donors (Lipinski definition) is 0. The van der Waals surface area contributed by atoms with E-state index in [4.69, 9.17) is 9.47 Å². The Kier molecular flexibility index (Phi) is 5.06. The van der Waals surface area contributed by atoms with E-state index in [0.29, 0.717) is 23.9 Å². The van der Waals surface area contributed by atoms with Gasteiger partial charge in [0, 0.05) is 33.4 Å². The number of rotatable bonds is 5. The van der Waals surface area contributed by atoms with Crippen molar-refractivity contribution in [1.29, 1.82) is 0 Å². The summed E-state index contributed by atoms with van der Waals surface area (Å²) in [5.74, 6) is 0.476. The van der Waals surface area contributed by atoms with Crippen molar-refractivity contribution in [2.75, 3.05) is 33.4 Å². The molecule has 2 fully saturated rings. The molecule has 0 unspecified atom stereocenters. The molecule has 0 aliphatic carbocycles. The maximum Gasteiger partial charge on any atom is 0.243 e. The Morgan fingerprint density at radius 1 is 1.26 bits per heavy atom. The number of ether oxygens (including phenoxy) is 2. The molecule has 0 bridgehead atoms. The van der Waals surface area contributed by atoms with Crippen molar-refractivity contribution >= 4 is 10.0 Å². The molecule has 0 radical (unpaired) electrons. The second-order valence-electron chi connectivity index (χ2n) is 6.40. The Bertz CT molecular complexity index is 609. The van der Waals surface area contributed by atoms with E-state index in [1.165, 1.54) is 0 Å². The van der Waals surface area contributed by atoms with Crippen LogP contribution >= 0.6 is 0 Å². The normalized spacial score (nSPS) is 25.0. The maximum atomic E-state index is 12.7. The number of nitrogens with zero attached hydrogens (tertiary/aromatic N) is 1. The summed E-state index contributed by atoms with van der Waals surface area (Å²) in [5, 5.41) is 0. The van der Waals surface area contributed by atoms with E-state index in [0.717, 1.165) is 38.9 Å². The first kappa shape index (κ1) is 16.9. The van der Waals surface area contributed by atoms with Crippen LogP contribution in [-0.4, -0.2) is 51.7 Å². The summed E-state index contributed by atoms with van der Waals surface area (Å²) in [6, 6.07) is 8.68. The quantitative estimate of drug-likeness (QED) is 0.826. The van der Waals surface area contributed by atoms with Crippen molar-refractivity contribution < 1.29 is 17.9 Å². The Morgan fingerprint density at radius 3 is 2.61 bits per heavy atom. The molecule has 128 valence electrons. The first-order valence-electron chi connectivity index (χ1n) is 8.27. The van der Waals surface area contributed by atoms with Crippen molar-refractivity contribution in [2.24, 2.45) is 5.92 Å². The highest BCUT2D eigenvalue weighted by molar-refractivity contribution is 7.89. The molecule has 1 aromatic carbocycles. The first-order valence-corrected chi connectivity index (χ1v) is 9.71. The standard InChI is InChI=1S/C17H25NO4S/c1-21-13-7-15-8-14-22-17(15)9-11-18(12-10-17)23(19,20)16-5-3-2-4-6-16/h2-6,15H,7-14H2,1H3/t15-/m1/s1. The average Bonchev–Trinajstić information content (AvgIpc) is 2.96. The number of hydrogen-bond acceptors (Lipinski definition) is 4. The second kappa shape index (κ2) is 6.89. The molecular formula is C17H25NO4S. The molecule has 1 aromatic rings. The fourth-order valence-corrected chi connectivity index (χ4v) is 5.31. The molecule has 1 spiro atoms. The van der Waals surface area contributed by atoms with E-state index < -0.39 is 10.0 Å². The van der Waals surface area contributed by atoms with Crippen LogP contribution in [0.5, 0.6) is 0 Å². The summed E-state index contributed by atoms with van der Waals surface area (Å²) >= 11 is 0. The minimum Gasteiger partial charge on any atom is -0.385 e.